The average molecular weight is 2030 g/mol. The second-order valence-corrected chi connectivity index (χ2v) is 46.9. The van der Waals surface area contributed by atoms with Gasteiger partial charge in [-0.1, -0.05) is 330 Å². The van der Waals surface area contributed by atoms with E-state index in [1.165, 1.54) is 11.1 Å². The molecule has 0 saturated carbocycles. The van der Waals surface area contributed by atoms with Crippen LogP contribution >= 0.6 is 83.3 Å². The number of aromatic amines is 1. The van der Waals surface area contributed by atoms with Gasteiger partial charge in [0.1, 0.15) is 13.9 Å². The maximum absolute atomic E-state index is 12.9. The molecule has 0 unspecified atom stereocenters. The molecule has 1 aromatic heterocycles. The zero-order valence-corrected chi connectivity index (χ0v) is 84.2. The Morgan fingerprint density at radius 2 is 0.836 bits per heavy atom. The summed E-state index contributed by atoms with van der Waals surface area (Å²) in [6.45, 7) is 38.1. The van der Waals surface area contributed by atoms with Gasteiger partial charge in [0.2, 0.25) is 11.8 Å². The Kier molecular flexibility index (Phi) is 46.3. The molecular formula is C103H118BBrCuIN10O6S4Si. The van der Waals surface area contributed by atoms with Crippen molar-refractivity contribution < 1.29 is 42.3 Å². The molecule has 128 heavy (non-hydrogen) atoms. The first-order valence-corrected chi connectivity index (χ1v) is 51.0. The van der Waals surface area contributed by atoms with Crippen molar-refractivity contribution >= 4 is 145 Å². The number of aliphatic carboxylic acids is 1. The van der Waals surface area contributed by atoms with Crippen molar-refractivity contribution in [3.8, 4) is 81.7 Å². The second-order valence-electron chi connectivity index (χ2n) is 33.9. The number of carbonyl (C=O) groups excluding carboxylic acids is 2. The molecule has 0 aliphatic rings. The van der Waals surface area contributed by atoms with E-state index in [0.717, 1.165) is 125 Å². The van der Waals surface area contributed by atoms with E-state index in [2.05, 4.69) is 220 Å². The summed E-state index contributed by atoms with van der Waals surface area (Å²) >= 11 is 16.3. The van der Waals surface area contributed by atoms with Crippen LogP contribution in [-0.2, 0) is 46.4 Å². The summed E-state index contributed by atoms with van der Waals surface area (Å²) in [7, 11) is -2.93. The number of amides is 2. The van der Waals surface area contributed by atoms with E-state index < -0.39 is 21.3 Å². The molecule has 2 amide bonds. The van der Waals surface area contributed by atoms with Crippen molar-refractivity contribution in [1.29, 1.82) is 0 Å². The van der Waals surface area contributed by atoms with Crippen molar-refractivity contribution in [3.63, 3.8) is 0 Å². The van der Waals surface area contributed by atoms with E-state index >= 15 is 0 Å². The zero-order valence-electron chi connectivity index (χ0n) is 75.2. The molecule has 0 spiro atoms. The molecular weight excluding hydrogens is 1910 g/mol. The number of nitrogen functional groups attached to an aromatic ring is 2. The molecule has 0 bridgehead atoms. The summed E-state index contributed by atoms with van der Waals surface area (Å²) in [6.07, 6.45) is 18.9. The van der Waals surface area contributed by atoms with E-state index in [1.54, 1.807) is 97.9 Å². The van der Waals surface area contributed by atoms with Crippen LogP contribution in [0.5, 0.6) is 0 Å². The SMILES string of the molecule is C.C#Cc1ccccc1-c1ccc(SC(C)(C)C)c(N)c1.C#Cc1ccccc1-c1ccc(SC(C)(C)C)c(NC(=O)Cc2ccc(C)cc2)c1.C#Cc1ccccc1B(O)O.CC(C)(C)Sc1ccc(Br)cc1N.C[Si](C)(C)N=[N+]=[N-].Cc1ccc(CC(=O)Nc2cc(-c3ccccc3-c3cn[nH]n3)ccc2SC(C)(C)C)cc1.Cc1ccc(CC(=O)O)cc1.[Cu][I]. The third-order valence-corrected chi connectivity index (χ3v) is 23.0. The van der Waals surface area contributed by atoms with E-state index in [1.807, 2.05) is 204 Å². The topological polar surface area (TPSA) is 278 Å². The summed E-state index contributed by atoms with van der Waals surface area (Å²) in [5, 5.41) is 43.2. The number of terminal acetylenes is 3. The summed E-state index contributed by atoms with van der Waals surface area (Å²) in [5.74, 6) is 6.98. The molecule has 672 valence electrons. The molecule has 0 atom stereocenters. The predicted molar refractivity (Wildman–Crippen MR) is 559 cm³/mol. The number of azide groups is 1. The van der Waals surface area contributed by atoms with E-state index in [0.29, 0.717) is 23.9 Å². The molecule has 0 radical (unpaired) electrons. The maximum atomic E-state index is 12.9. The van der Waals surface area contributed by atoms with Gasteiger partial charge in [0.15, 0.2) is 0 Å². The third-order valence-electron chi connectivity index (χ3n) is 17.1. The van der Waals surface area contributed by atoms with Gasteiger partial charge in [-0.2, -0.15) is 15.4 Å². The quantitative estimate of drug-likeness (QED) is 0.00580. The van der Waals surface area contributed by atoms with Gasteiger partial charge >= 0.3 is 46.2 Å². The predicted octanol–water partition coefficient (Wildman–Crippen LogP) is 26.6. The van der Waals surface area contributed by atoms with Crippen LogP contribution in [0.1, 0.15) is 141 Å². The molecule has 0 saturated heterocycles. The Morgan fingerprint density at radius 1 is 0.500 bits per heavy atom. The summed E-state index contributed by atoms with van der Waals surface area (Å²) in [4.78, 5) is 43.0. The van der Waals surface area contributed by atoms with Gasteiger partial charge in [-0.25, -0.2) is 0 Å². The number of anilines is 4. The first-order chi connectivity index (χ1) is 59.8. The Labute approximate surface area is 806 Å². The number of aromatic nitrogens is 3. The molecule has 12 aromatic rings. The van der Waals surface area contributed by atoms with Crippen molar-refractivity contribution in [1.82, 2.24) is 15.4 Å². The number of carbonyl (C=O) groups is 3. The number of aryl methyl sites for hydroxylation is 3. The number of rotatable bonds is 18. The van der Waals surface area contributed by atoms with E-state index in [4.69, 9.17) is 51.4 Å². The van der Waals surface area contributed by atoms with Crippen molar-refractivity contribution in [2.75, 3.05) is 22.1 Å². The van der Waals surface area contributed by atoms with E-state index in [-0.39, 0.29) is 44.6 Å². The standard InChI is InChI=1S/C27H28N4OS.C27H27NOS.C18H19NS.C10H14BrNS.C9H10O2.C8H7BO2.C3H9N3Si.CH4.Cu.HI/c1-18-9-11-19(12-10-18)15-26(32)29-23-16-20(13-14-25(23)33-27(2,3)4)21-7-5-6-8-22(21)24-17-28-31-30-24;1-6-21-9-7-8-10-23(21)22-15-16-25(30-27(3,4)5)24(18-22)28-26(29)17-20-13-11-19(2)12-14-20;1-5-13-8-6-7-9-15(13)14-10-11-17(16(19)12-14)20-18(2,3)4;1-10(2,3)13-9-5-4-7(11)6-8(9)12;1-7-2-4-8(5-3-7)6-9(10)11;1-2-7-5-3-4-6-8(7)9(10)11;1-7(2,3)6-5-4;;;/h5-14,16-17H,15H2,1-4H3,(H,29,32)(H,28,30,31);1,7-16,18H,17H2,2-5H3,(H,28,29);1,6-12H,19H2,2-4H3;4-6H,12H2,1-3H3;2-5H,6H2,1H3,(H,10,11);1,3-6,10-11H;1-3H3;1H4;;1H/q;;;;;;;;+1;/p-1. The molecule has 12 rings (SSSR count). The third kappa shape index (κ3) is 41.1. The number of hydrogen-bond donors (Lipinski definition) is 8. The van der Waals surface area contributed by atoms with Gasteiger partial charge in [-0.15, -0.1) is 71.1 Å². The Bertz CT molecular complexity index is 5770. The molecule has 0 fully saturated rings. The minimum absolute atomic E-state index is 0. The van der Waals surface area contributed by atoms with Gasteiger partial charge in [0, 0.05) is 76.7 Å². The van der Waals surface area contributed by atoms with Gasteiger partial charge in [0.05, 0.1) is 36.8 Å². The number of hydrogen-bond acceptors (Lipinski definition) is 14. The number of carboxylic acid groups (broad SMARTS) is 1. The fourth-order valence-corrected chi connectivity index (χ4v) is 16.2. The Morgan fingerprint density at radius 3 is 1.17 bits per heavy atom. The van der Waals surface area contributed by atoms with Crippen molar-refractivity contribution in [2.24, 2.45) is 4.78 Å². The number of nitrogens with zero attached hydrogens (tertiary/aromatic N) is 5. The molecule has 16 nitrogen and oxygen atoms in total. The van der Waals surface area contributed by atoms with Crippen LogP contribution in [0, 0.1) is 57.8 Å². The van der Waals surface area contributed by atoms with Crippen molar-refractivity contribution in [3.05, 3.63) is 314 Å². The van der Waals surface area contributed by atoms with Crippen LogP contribution < -0.4 is 27.6 Å². The van der Waals surface area contributed by atoms with Gasteiger partial charge in [0.25, 0.3) is 0 Å². The molecule has 0 aliphatic carbocycles. The van der Waals surface area contributed by atoms with E-state index in [9.17, 15) is 14.4 Å². The first kappa shape index (κ1) is 110. The molecule has 11 aromatic carbocycles. The summed E-state index contributed by atoms with van der Waals surface area (Å²) in [6, 6.07) is 78.8. The van der Waals surface area contributed by atoms with Crippen LogP contribution in [0.2, 0.25) is 19.6 Å². The molecule has 0 aliphatic heterocycles. The fraction of sp³-hybridized carbons (Fsp3) is 0.252. The van der Waals surface area contributed by atoms with Crippen LogP contribution in [-0.4, -0.2) is 82.7 Å². The molecule has 25 heteroatoms. The average Bonchev–Trinajstić information content (AvgIpc) is 1.26. The number of nitrogens with one attached hydrogen (secondary N) is 3. The van der Waals surface area contributed by atoms with Crippen LogP contribution in [0.25, 0.3) is 55.1 Å². The Hall–Kier alpha value is -10.1. The summed E-state index contributed by atoms with van der Waals surface area (Å²) in [5.41, 5.74) is 40.1. The normalized spacial score (nSPS) is 10.6. The zero-order chi connectivity index (χ0) is 94.4. The fourth-order valence-electron chi connectivity index (χ4n) is 11.6. The van der Waals surface area contributed by atoms with Gasteiger partial charge in [-0.05, 0) is 160 Å². The van der Waals surface area contributed by atoms with Gasteiger partial charge in [-0.3, -0.25) is 14.4 Å². The number of nitrogens with two attached hydrogens (primary N) is 2. The number of benzene rings is 11. The van der Waals surface area contributed by atoms with Crippen LogP contribution in [0.3, 0.4) is 0 Å². The first-order valence-electron chi connectivity index (χ1n) is 40.5. The molecule has 1 heterocycles. The van der Waals surface area contributed by atoms with Crippen molar-refractivity contribution in [2.45, 2.75) is 189 Å². The number of H-pyrrole nitrogens is 1. The number of thioether (sulfide) groups is 4. The summed E-state index contributed by atoms with van der Waals surface area (Å²) < 4.78 is 5.00. The number of halogens is 2. The number of carboxylic acids is 1. The van der Waals surface area contributed by atoms with Crippen LogP contribution in [0.4, 0.5) is 22.7 Å². The second kappa shape index (κ2) is 53.8. The molecule has 10 N–H and O–H groups in total. The van der Waals surface area contributed by atoms with Gasteiger partial charge < -0.3 is 37.3 Å². The van der Waals surface area contributed by atoms with Crippen LogP contribution in [0.15, 0.2) is 278 Å². The minimum atomic E-state index is -1.48. The Balaban J connectivity index is 0.000000330. The monoisotopic (exact) mass is 2030 g/mol.